The van der Waals surface area contributed by atoms with E-state index in [1.165, 1.54) is 11.5 Å². The van der Waals surface area contributed by atoms with E-state index in [4.69, 9.17) is 4.74 Å². The number of hydrogen-bond donors (Lipinski definition) is 0. The number of benzene rings is 1. The van der Waals surface area contributed by atoms with Crippen LogP contribution in [0.2, 0.25) is 0 Å². The summed E-state index contributed by atoms with van der Waals surface area (Å²) in [5, 5.41) is 0.800. The van der Waals surface area contributed by atoms with Crippen molar-refractivity contribution in [2.24, 2.45) is 0 Å². The van der Waals surface area contributed by atoms with Crippen LogP contribution >= 0.6 is 11.5 Å². The Labute approximate surface area is 85.7 Å². The molecule has 0 N–H and O–H groups in total. The van der Waals surface area contributed by atoms with Gasteiger partial charge in [-0.3, -0.25) is 8.75 Å². The number of hydrogen-bond acceptors (Lipinski definition) is 3. The minimum Gasteiger partial charge on any atom is -0.383 e. The van der Waals surface area contributed by atoms with Crippen molar-refractivity contribution in [3.05, 3.63) is 34.6 Å². The summed E-state index contributed by atoms with van der Waals surface area (Å²) in [5.41, 5.74) is 0.0858. The summed E-state index contributed by atoms with van der Waals surface area (Å²) >= 11 is 1.49. The molecule has 2 aromatic rings. The van der Waals surface area contributed by atoms with Crippen LogP contribution in [-0.4, -0.2) is 17.7 Å². The Kier molecular flexibility index (Phi) is 2.65. The Morgan fingerprint density at radius 2 is 2.21 bits per heavy atom. The monoisotopic (exact) mass is 209 g/mol. The van der Waals surface area contributed by atoms with Gasteiger partial charge in [0, 0.05) is 7.11 Å². The van der Waals surface area contributed by atoms with Gasteiger partial charge in [-0.15, -0.1) is 0 Å². The first kappa shape index (κ1) is 9.43. The predicted molar refractivity (Wildman–Crippen MR) is 58.0 cm³/mol. The van der Waals surface area contributed by atoms with E-state index < -0.39 is 0 Å². The first-order valence-electron chi connectivity index (χ1n) is 4.40. The molecule has 74 valence electrons. The molecule has 0 fully saturated rings. The SMILES string of the molecule is COCCn1sc2ccccc2c1=O. The minimum atomic E-state index is 0.0858. The van der Waals surface area contributed by atoms with Gasteiger partial charge in [0.2, 0.25) is 0 Å². The lowest BCUT2D eigenvalue weighted by atomic mass is 10.3. The Morgan fingerprint density at radius 3 is 2.93 bits per heavy atom. The molecule has 0 saturated carbocycles. The molecule has 0 unspecified atom stereocenters. The number of methoxy groups -OCH3 is 1. The van der Waals surface area contributed by atoms with Gasteiger partial charge in [0.05, 0.1) is 23.2 Å². The van der Waals surface area contributed by atoms with Crippen molar-refractivity contribution in [3.8, 4) is 0 Å². The molecule has 14 heavy (non-hydrogen) atoms. The second-order valence-corrected chi connectivity index (χ2v) is 4.05. The van der Waals surface area contributed by atoms with E-state index in [9.17, 15) is 4.79 Å². The lowest BCUT2D eigenvalue weighted by Gasteiger charge is -1.96. The van der Waals surface area contributed by atoms with Gasteiger partial charge in [0.1, 0.15) is 0 Å². The molecule has 0 aliphatic carbocycles. The van der Waals surface area contributed by atoms with Gasteiger partial charge in [0.15, 0.2) is 0 Å². The van der Waals surface area contributed by atoms with Crippen molar-refractivity contribution in [1.29, 1.82) is 0 Å². The van der Waals surface area contributed by atoms with Gasteiger partial charge >= 0.3 is 0 Å². The maximum Gasteiger partial charge on any atom is 0.268 e. The zero-order chi connectivity index (χ0) is 9.97. The molecule has 0 radical (unpaired) electrons. The van der Waals surface area contributed by atoms with Crippen molar-refractivity contribution >= 4 is 21.6 Å². The highest BCUT2D eigenvalue weighted by Crippen LogP contribution is 2.15. The smallest absolute Gasteiger partial charge is 0.268 e. The van der Waals surface area contributed by atoms with Crippen molar-refractivity contribution in [2.45, 2.75) is 6.54 Å². The Bertz CT molecular complexity index is 486. The first-order chi connectivity index (χ1) is 6.83. The van der Waals surface area contributed by atoms with Crippen LogP contribution < -0.4 is 5.56 Å². The second kappa shape index (κ2) is 3.94. The molecule has 0 bridgehead atoms. The van der Waals surface area contributed by atoms with Gasteiger partial charge in [-0.05, 0) is 12.1 Å². The number of fused-ring (bicyclic) bond motifs is 1. The average molecular weight is 209 g/mol. The summed E-state index contributed by atoms with van der Waals surface area (Å²) in [6.45, 7) is 1.21. The predicted octanol–water partition coefficient (Wildman–Crippen LogP) is 1.71. The van der Waals surface area contributed by atoms with E-state index in [1.54, 1.807) is 11.1 Å². The maximum atomic E-state index is 11.8. The van der Waals surface area contributed by atoms with E-state index in [-0.39, 0.29) is 5.56 Å². The third-order valence-corrected chi connectivity index (χ3v) is 3.17. The zero-order valence-electron chi connectivity index (χ0n) is 7.90. The average Bonchev–Trinajstić information content (AvgIpc) is 2.54. The lowest BCUT2D eigenvalue weighted by Crippen LogP contribution is -2.15. The van der Waals surface area contributed by atoms with Crippen LogP contribution in [0.1, 0.15) is 0 Å². The molecular weight excluding hydrogens is 198 g/mol. The standard InChI is InChI=1S/C10H11NO2S/c1-13-7-6-11-10(12)8-4-2-3-5-9(8)14-11/h2-5H,6-7H2,1H3. The molecular formula is C10H11NO2S. The van der Waals surface area contributed by atoms with Gasteiger partial charge in [-0.2, -0.15) is 0 Å². The molecule has 2 rings (SSSR count). The van der Waals surface area contributed by atoms with E-state index in [0.29, 0.717) is 13.2 Å². The van der Waals surface area contributed by atoms with Gasteiger partial charge < -0.3 is 4.74 Å². The van der Waals surface area contributed by atoms with Crippen LogP contribution in [0.4, 0.5) is 0 Å². The fourth-order valence-electron chi connectivity index (χ4n) is 1.34. The fraction of sp³-hybridized carbons (Fsp3) is 0.300. The van der Waals surface area contributed by atoms with Gasteiger partial charge in [0.25, 0.3) is 5.56 Å². The van der Waals surface area contributed by atoms with Gasteiger partial charge in [-0.1, -0.05) is 23.7 Å². The fourth-order valence-corrected chi connectivity index (χ4v) is 2.32. The highest BCUT2D eigenvalue weighted by molar-refractivity contribution is 7.13. The third kappa shape index (κ3) is 1.58. The Hall–Kier alpha value is -1.13. The topological polar surface area (TPSA) is 31.2 Å². The van der Waals surface area contributed by atoms with Crippen LogP contribution in [0.25, 0.3) is 10.1 Å². The molecule has 4 heteroatoms. The van der Waals surface area contributed by atoms with Gasteiger partial charge in [-0.25, -0.2) is 0 Å². The van der Waals surface area contributed by atoms with Crippen molar-refractivity contribution < 1.29 is 4.74 Å². The van der Waals surface area contributed by atoms with Crippen LogP contribution in [0, 0.1) is 0 Å². The number of nitrogens with zero attached hydrogens (tertiary/aromatic N) is 1. The zero-order valence-corrected chi connectivity index (χ0v) is 8.71. The summed E-state index contributed by atoms with van der Waals surface area (Å²) in [5.74, 6) is 0. The number of rotatable bonds is 3. The molecule has 3 nitrogen and oxygen atoms in total. The largest absolute Gasteiger partial charge is 0.383 e. The van der Waals surface area contributed by atoms with E-state index in [1.807, 2.05) is 24.3 Å². The normalized spacial score (nSPS) is 10.9. The number of ether oxygens (including phenoxy) is 1. The van der Waals surface area contributed by atoms with Crippen molar-refractivity contribution in [3.63, 3.8) is 0 Å². The first-order valence-corrected chi connectivity index (χ1v) is 5.18. The molecule has 0 aliphatic heterocycles. The van der Waals surface area contributed by atoms with Crippen LogP contribution in [0.3, 0.4) is 0 Å². The number of aromatic nitrogens is 1. The second-order valence-electron chi connectivity index (χ2n) is 2.99. The van der Waals surface area contributed by atoms with Crippen LogP contribution in [-0.2, 0) is 11.3 Å². The Balaban J connectivity index is 2.47. The molecule has 1 aromatic carbocycles. The molecule has 0 amide bonds. The van der Waals surface area contributed by atoms with E-state index >= 15 is 0 Å². The Morgan fingerprint density at radius 1 is 1.43 bits per heavy atom. The van der Waals surface area contributed by atoms with Crippen molar-refractivity contribution in [2.75, 3.05) is 13.7 Å². The quantitative estimate of drug-likeness (QED) is 0.770. The highest BCUT2D eigenvalue weighted by Gasteiger charge is 2.05. The summed E-state index contributed by atoms with van der Waals surface area (Å²) in [7, 11) is 1.64. The van der Waals surface area contributed by atoms with Crippen LogP contribution in [0.5, 0.6) is 0 Å². The molecule has 0 saturated heterocycles. The molecule has 1 aromatic heterocycles. The van der Waals surface area contributed by atoms with Crippen LogP contribution in [0.15, 0.2) is 29.1 Å². The molecule has 0 aliphatic rings. The third-order valence-electron chi connectivity index (χ3n) is 2.05. The van der Waals surface area contributed by atoms with E-state index in [2.05, 4.69) is 0 Å². The summed E-state index contributed by atoms with van der Waals surface area (Å²) in [6.07, 6.45) is 0. The lowest BCUT2D eigenvalue weighted by molar-refractivity contribution is 0.189. The minimum absolute atomic E-state index is 0.0858. The summed E-state index contributed by atoms with van der Waals surface area (Å²) in [6, 6.07) is 7.65. The molecule has 0 spiro atoms. The maximum absolute atomic E-state index is 11.8. The highest BCUT2D eigenvalue weighted by atomic mass is 32.1. The summed E-state index contributed by atoms with van der Waals surface area (Å²) in [4.78, 5) is 11.8. The van der Waals surface area contributed by atoms with E-state index in [0.717, 1.165) is 10.1 Å². The summed E-state index contributed by atoms with van der Waals surface area (Å²) < 4.78 is 7.71. The van der Waals surface area contributed by atoms with Crippen molar-refractivity contribution in [1.82, 2.24) is 3.96 Å². The molecule has 0 atom stereocenters. The molecule has 1 heterocycles.